The maximum Gasteiger partial charge on any atom is 0.276 e. The molecule has 0 saturated carbocycles. The van der Waals surface area contributed by atoms with E-state index in [0.29, 0.717) is 33.0 Å². The highest BCUT2D eigenvalue weighted by molar-refractivity contribution is 6.36. The number of halogens is 2. The lowest BCUT2D eigenvalue weighted by Gasteiger charge is -2.12. The minimum atomic E-state index is -0.445. The molecule has 0 saturated heterocycles. The Balaban J connectivity index is 2.03. The summed E-state index contributed by atoms with van der Waals surface area (Å²) in [6.07, 6.45) is 2.84. The fourth-order valence-corrected chi connectivity index (χ4v) is 3.18. The van der Waals surface area contributed by atoms with Crippen molar-refractivity contribution in [2.75, 3.05) is 5.32 Å². The van der Waals surface area contributed by atoms with Gasteiger partial charge in [-0.2, -0.15) is 5.10 Å². The normalized spacial score (nSPS) is 10.9. The third kappa shape index (κ3) is 4.31. The molecular weight excluding hydrogens is 385 g/mol. The quantitative estimate of drug-likeness (QED) is 0.579. The number of carbonyl (C=O) groups excluding carboxylic acids is 1. The molecule has 0 aliphatic carbocycles. The Morgan fingerprint density at radius 1 is 1.11 bits per heavy atom. The van der Waals surface area contributed by atoms with Crippen molar-refractivity contribution in [3.05, 3.63) is 68.6 Å². The molecule has 0 aliphatic heterocycles. The smallest absolute Gasteiger partial charge is 0.276 e. The molecule has 0 aliphatic rings. The van der Waals surface area contributed by atoms with E-state index in [9.17, 15) is 9.59 Å². The van der Waals surface area contributed by atoms with Crippen LogP contribution in [0.15, 0.2) is 47.3 Å². The van der Waals surface area contributed by atoms with Crippen LogP contribution in [0.4, 0.5) is 5.69 Å². The number of aromatic nitrogens is 2. The first-order chi connectivity index (χ1) is 13.0. The highest BCUT2D eigenvalue weighted by atomic mass is 35.5. The van der Waals surface area contributed by atoms with Crippen molar-refractivity contribution in [3.8, 4) is 0 Å². The average molecular weight is 404 g/mol. The Bertz CT molecular complexity index is 1050. The molecule has 0 bridgehead atoms. The van der Waals surface area contributed by atoms with Gasteiger partial charge in [0, 0.05) is 17.0 Å². The molecule has 0 unspecified atom stereocenters. The van der Waals surface area contributed by atoms with Crippen molar-refractivity contribution in [1.82, 2.24) is 9.78 Å². The second kappa shape index (κ2) is 8.55. The monoisotopic (exact) mass is 403 g/mol. The molecule has 5 nitrogen and oxygen atoms in total. The standard InChI is InChI=1S/C20H19Cl2N3O2/c1-2-3-6-11-25-20(27)15-8-5-4-7-14(15)18(24-25)19(26)23-17-12-13(21)9-10-16(17)22/h4-5,7-10,12H,2-3,6,11H2,1H3,(H,23,26). The molecule has 3 rings (SSSR count). The van der Waals surface area contributed by atoms with E-state index in [1.165, 1.54) is 4.68 Å². The molecule has 1 heterocycles. The van der Waals surface area contributed by atoms with Gasteiger partial charge in [0.1, 0.15) is 0 Å². The Hall–Kier alpha value is -2.37. The number of carbonyl (C=O) groups is 1. The van der Waals surface area contributed by atoms with Crippen LogP contribution < -0.4 is 10.9 Å². The zero-order valence-electron chi connectivity index (χ0n) is 14.8. The molecule has 0 spiro atoms. The van der Waals surface area contributed by atoms with Crippen molar-refractivity contribution in [1.29, 1.82) is 0 Å². The number of fused-ring (bicyclic) bond motifs is 1. The fraction of sp³-hybridized carbons (Fsp3) is 0.250. The number of amides is 1. The molecule has 1 aromatic heterocycles. The lowest BCUT2D eigenvalue weighted by atomic mass is 10.1. The Labute approximate surface area is 166 Å². The number of nitrogens with zero attached hydrogens (tertiary/aromatic N) is 2. The summed E-state index contributed by atoms with van der Waals surface area (Å²) in [5, 5.41) is 8.87. The average Bonchev–Trinajstić information content (AvgIpc) is 2.66. The number of rotatable bonds is 6. The lowest BCUT2D eigenvalue weighted by molar-refractivity contribution is 0.102. The van der Waals surface area contributed by atoms with Crippen LogP contribution in [0.1, 0.15) is 36.7 Å². The number of anilines is 1. The molecule has 0 radical (unpaired) electrons. The predicted octanol–water partition coefficient (Wildman–Crippen LogP) is 5.15. The van der Waals surface area contributed by atoms with E-state index in [-0.39, 0.29) is 11.3 Å². The lowest BCUT2D eigenvalue weighted by Crippen LogP contribution is -2.27. The van der Waals surface area contributed by atoms with Gasteiger partial charge in [0.05, 0.1) is 16.1 Å². The summed E-state index contributed by atoms with van der Waals surface area (Å²) < 4.78 is 1.37. The first-order valence-electron chi connectivity index (χ1n) is 8.77. The Morgan fingerprint density at radius 2 is 1.85 bits per heavy atom. The Kier molecular flexibility index (Phi) is 6.14. The second-order valence-electron chi connectivity index (χ2n) is 6.21. The van der Waals surface area contributed by atoms with Gasteiger partial charge in [0.2, 0.25) is 0 Å². The summed E-state index contributed by atoms with van der Waals surface area (Å²) in [4.78, 5) is 25.6. The van der Waals surface area contributed by atoms with Gasteiger partial charge in [-0.05, 0) is 30.7 Å². The van der Waals surface area contributed by atoms with Gasteiger partial charge in [0.15, 0.2) is 5.69 Å². The molecule has 2 aromatic carbocycles. The first-order valence-corrected chi connectivity index (χ1v) is 9.53. The van der Waals surface area contributed by atoms with Crippen LogP contribution in [0.25, 0.3) is 10.8 Å². The Morgan fingerprint density at radius 3 is 2.59 bits per heavy atom. The summed E-state index contributed by atoms with van der Waals surface area (Å²) in [5.74, 6) is -0.445. The maximum absolute atomic E-state index is 12.9. The van der Waals surface area contributed by atoms with E-state index in [1.807, 2.05) is 0 Å². The van der Waals surface area contributed by atoms with Gasteiger partial charge in [-0.1, -0.05) is 61.2 Å². The molecular formula is C20H19Cl2N3O2. The van der Waals surface area contributed by atoms with E-state index < -0.39 is 5.91 Å². The molecule has 1 amide bonds. The maximum atomic E-state index is 12.9. The summed E-state index contributed by atoms with van der Waals surface area (Å²) >= 11 is 12.1. The number of unbranched alkanes of at least 4 members (excludes halogenated alkanes) is 2. The number of hydrogen-bond donors (Lipinski definition) is 1. The van der Waals surface area contributed by atoms with Crippen molar-refractivity contribution in [2.45, 2.75) is 32.7 Å². The van der Waals surface area contributed by atoms with Crippen molar-refractivity contribution in [3.63, 3.8) is 0 Å². The van der Waals surface area contributed by atoms with E-state index in [4.69, 9.17) is 23.2 Å². The molecule has 140 valence electrons. The number of nitrogens with one attached hydrogen (secondary N) is 1. The number of aryl methyl sites for hydroxylation is 1. The molecule has 1 N–H and O–H groups in total. The van der Waals surface area contributed by atoms with Crippen LogP contribution in [0.3, 0.4) is 0 Å². The van der Waals surface area contributed by atoms with Crippen LogP contribution in [-0.4, -0.2) is 15.7 Å². The van der Waals surface area contributed by atoms with E-state index in [1.54, 1.807) is 42.5 Å². The minimum Gasteiger partial charge on any atom is -0.319 e. The zero-order valence-corrected chi connectivity index (χ0v) is 16.3. The molecule has 3 aromatic rings. The first kappa shape index (κ1) is 19.4. The van der Waals surface area contributed by atoms with Crippen molar-refractivity contribution in [2.24, 2.45) is 0 Å². The third-order valence-electron chi connectivity index (χ3n) is 4.23. The highest BCUT2D eigenvalue weighted by Crippen LogP contribution is 2.26. The van der Waals surface area contributed by atoms with E-state index in [2.05, 4.69) is 17.3 Å². The summed E-state index contributed by atoms with van der Waals surface area (Å²) in [5.41, 5.74) is 0.376. The molecule has 7 heteroatoms. The van der Waals surface area contributed by atoms with Crippen LogP contribution >= 0.6 is 23.2 Å². The fourth-order valence-electron chi connectivity index (χ4n) is 2.84. The van der Waals surface area contributed by atoms with Gasteiger partial charge in [-0.15, -0.1) is 0 Å². The van der Waals surface area contributed by atoms with E-state index in [0.717, 1.165) is 19.3 Å². The molecule has 0 atom stereocenters. The number of benzene rings is 2. The molecule has 0 fully saturated rings. The number of hydrogen-bond acceptors (Lipinski definition) is 3. The van der Waals surface area contributed by atoms with Crippen LogP contribution in [-0.2, 0) is 6.54 Å². The van der Waals surface area contributed by atoms with Gasteiger partial charge >= 0.3 is 0 Å². The summed E-state index contributed by atoms with van der Waals surface area (Å²) in [6, 6.07) is 11.8. The topological polar surface area (TPSA) is 64.0 Å². The molecule has 27 heavy (non-hydrogen) atoms. The van der Waals surface area contributed by atoms with Crippen LogP contribution in [0.5, 0.6) is 0 Å². The van der Waals surface area contributed by atoms with Crippen LogP contribution in [0.2, 0.25) is 10.0 Å². The minimum absolute atomic E-state index is 0.178. The highest BCUT2D eigenvalue weighted by Gasteiger charge is 2.17. The summed E-state index contributed by atoms with van der Waals surface area (Å²) in [6.45, 7) is 2.56. The van der Waals surface area contributed by atoms with Gasteiger partial charge in [-0.3, -0.25) is 9.59 Å². The van der Waals surface area contributed by atoms with Crippen molar-refractivity contribution >= 4 is 45.6 Å². The van der Waals surface area contributed by atoms with E-state index >= 15 is 0 Å². The largest absolute Gasteiger partial charge is 0.319 e. The van der Waals surface area contributed by atoms with Crippen LogP contribution in [0, 0.1) is 0 Å². The van der Waals surface area contributed by atoms with Gasteiger partial charge in [0.25, 0.3) is 11.5 Å². The SMILES string of the molecule is CCCCCn1nc(C(=O)Nc2cc(Cl)ccc2Cl)c2ccccc2c1=O. The summed E-state index contributed by atoms with van der Waals surface area (Å²) in [7, 11) is 0. The van der Waals surface area contributed by atoms with Crippen molar-refractivity contribution < 1.29 is 4.79 Å². The van der Waals surface area contributed by atoms with Gasteiger partial charge in [-0.25, -0.2) is 4.68 Å². The third-order valence-corrected chi connectivity index (χ3v) is 4.80. The second-order valence-corrected chi connectivity index (χ2v) is 7.05. The van der Waals surface area contributed by atoms with Gasteiger partial charge < -0.3 is 5.32 Å². The predicted molar refractivity (Wildman–Crippen MR) is 110 cm³/mol. The zero-order chi connectivity index (χ0) is 19.4.